The summed E-state index contributed by atoms with van der Waals surface area (Å²) in [6.45, 7) is 4.51. The molecule has 2 aliphatic carbocycles. The number of hydrogen-bond donors (Lipinski definition) is 0. The summed E-state index contributed by atoms with van der Waals surface area (Å²) >= 11 is 0. The summed E-state index contributed by atoms with van der Waals surface area (Å²) in [5, 5.41) is 0. The topological polar surface area (TPSA) is 12.9 Å². The van der Waals surface area contributed by atoms with Crippen LogP contribution in [0.2, 0.25) is 0 Å². The van der Waals surface area contributed by atoms with Crippen LogP contribution in [0.1, 0.15) is 61.8 Å². The Kier molecular flexibility index (Phi) is 2.08. The molecule has 1 aromatic heterocycles. The smallest absolute Gasteiger partial charge is 0.0441 e. The molecule has 0 amide bonds. The van der Waals surface area contributed by atoms with E-state index in [9.17, 15) is 0 Å². The van der Waals surface area contributed by atoms with Crippen molar-refractivity contribution in [3.8, 4) is 0 Å². The van der Waals surface area contributed by atoms with Crippen LogP contribution >= 0.6 is 0 Å². The largest absolute Gasteiger partial charge is 0.261 e. The SMILES string of the molecule is CC(C)c1cnc2c(c1)C1CCC(C2)C1. The Morgan fingerprint density at radius 1 is 1.33 bits per heavy atom. The molecule has 2 bridgehead atoms. The molecule has 15 heavy (non-hydrogen) atoms. The van der Waals surface area contributed by atoms with Gasteiger partial charge in [0.05, 0.1) is 0 Å². The van der Waals surface area contributed by atoms with Crippen LogP contribution in [0.25, 0.3) is 0 Å². The Morgan fingerprint density at radius 3 is 3.00 bits per heavy atom. The van der Waals surface area contributed by atoms with Gasteiger partial charge in [0.1, 0.15) is 0 Å². The summed E-state index contributed by atoms with van der Waals surface area (Å²) < 4.78 is 0. The van der Waals surface area contributed by atoms with Gasteiger partial charge in [0.2, 0.25) is 0 Å². The minimum Gasteiger partial charge on any atom is -0.261 e. The zero-order valence-corrected chi connectivity index (χ0v) is 9.66. The van der Waals surface area contributed by atoms with Gasteiger partial charge in [-0.25, -0.2) is 0 Å². The predicted octanol–water partition coefficient (Wildman–Crippen LogP) is 3.64. The van der Waals surface area contributed by atoms with E-state index in [1.165, 1.54) is 36.9 Å². The first kappa shape index (κ1) is 9.38. The van der Waals surface area contributed by atoms with E-state index in [1.807, 2.05) is 0 Å². The number of fused-ring (bicyclic) bond motifs is 4. The molecule has 80 valence electrons. The summed E-state index contributed by atoms with van der Waals surface area (Å²) in [5.41, 5.74) is 4.40. The highest BCUT2D eigenvalue weighted by atomic mass is 14.7. The second kappa shape index (κ2) is 3.33. The third kappa shape index (κ3) is 1.49. The molecule has 1 saturated carbocycles. The molecule has 0 spiro atoms. The summed E-state index contributed by atoms with van der Waals surface area (Å²) in [6.07, 6.45) is 7.59. The zero-order chi connectivity index (χ0) is 10.4. The Labute approximate surface area is 91.9 Å². The van der Waals surface area contributed by atoms with Crippen LogP contribution in [0.4, 0.5) is 0 Å². The van der Waals surface area contributed by atoms with Gasteiger partial charge in [0.25, 0.3) is 0 Å². The van der Waals surface area contributed by atoms with Gasteiger partial charge in [-0.15, -0.1) is 0 Å². The summed E-state index contributed by atoms with van der Waals surface area (Å²) in [7, 11) is 0. The molecule has 1 nitrogen and oxygen atoms in total. The van der Waals surface area contributed by atoms with Gasteiger partial charge in [-0.05, 0) is 54.6 Å². The summed E-state index contributed by atoms with van der Waals surface area (Å²) in [4.78, 5) is 4.68. The molecule has 3 rings (SSSR count). The third-order valence-corrected chi connectivity index (χ3v) is 4.15. The van der Waals surface area contributed by atoms with Gasteiger partial charge in [0.15, 0.2) is 0 Å². The maximum atomic E-state index is 4.68. The fraction of sp³-hybridized carbons (Fsp3) is 0.643. The van der Waals surface area contributed by atoms with E-state index in [4.69, 9.17) is 0 Å². The van der Waals surface area contributed by atoms with Gasteiger partial charge in [0, 0.05) is 11.9 Å². The minimum absolute atomic E-state index is 0.613. The highest BCUT2D eigenvalue weighted by Crippen LogP contribution is 2.45. The van der Waals surface area contributed by atoms with Crippen LogP contribution in [0.15, 0.2) is 12.3 Å². The molecule has 1 fully saturated rings. The summed E-state index contributed by atoms with van der Waals surface area (Å²) in [6, 6.07) is 2.43. The zero-order valence-electron chi connectivity index (χ0n) is 9.66. The van der Waals surface area contributed by atoms with Crippen LogP contribution in [0, 0.1) is 5.92 Å². The molecule has 1 aromatic rings. The maximum Gasteiger partial charge on any atom is 0.0441 e. The average molecular weight is 201 g/mol. The first-order valence-corrected chi connectivity index (χ1v) is 6.22. The lowest BCUT2D eigenvalue weighted by Gasteiger charge is -2.23. The molecule has 0 N–H and O–H groups in total. The quantitative estimate of drug-likeness (QED) is 0.676. The van der Waals surface area contributed by atoms with Crippen molar-refractivity contribution in [3.05, 3.63) is 29.1 Å². The standard InChI is InChI=1S/C14H19N/c1-9(2)12-7-13-11-4-3-10(5-11)6-14(13)15-8-12/h7-11H,3-6H2,1-2H3. The molecule has 1 heterocycles. The lowest BCUT2D eigenvalue weighted by Crippen LogP contribution is -2.13. The highest BCUT2D eigenvalue weighted by Gasteiger charge is 2.33. The minimum atomic E-state index is 0.613. The maximum absolute atomic E-state index is 4.68. The van der Waals surface area contributed by atoms with E-state index in [0.29, 0.717) is 5.92 Å². The molecule has 1 heteroatoms. The fourth-order valence-electron chi connectivity index (χ4n) is 3.18. The van der Waals surface area contributed by atoms with Crippen molar-refractivity contribution < 1.29 is 0 Å². The van der Waals surface area contributed by atoms with E-state index >= 15 is 0 Å². The van der Waals surface area contributed by atoms with Crippen molar-refractivity contribution in [2.24, 2.45) is 5.92 Å². The Balaban J connectivity index is 2.04. The number of nitrogens with zero attached hydrogens (tertiary/aromatic N) is 1. The number of pyridine rings is 1. The van der Waals surface area contributed by atoms with E-state index < -0.39 is 0 Å². The second-order valence-corrected chi connectivity index (χ2v) is 5.54. The van der Waals surface area contributed by atoms with Crippen LogP contribution in [-0.4, -0.2) is 4.98 Å². The molecule has 2 atom stereocenters. The number of rotatable bonds is 1. The van der Waals surface area contributed by atoms with Gasteiger partial charge < -0.3 is 0 Å². The lowest BCUT2D eigenvalue weighted by molar-refractivity contribution is 0.500. The van der Waals surface area contributed by atoms with Crippen molar-refractivity contribution in [1.29, 1.82) is 0 Å². The average Bonchev–Trinajstić information content (AvgIpc) is 2.61. The van der Waals surface area contributed by atoms with E-state index in [-0.39, 0.29) is 0 Å². The lowest BCUT2D eigenvalue weighted by atomic mass is 9.84. The van der Waals surface area contributed by atoms with Crippen molar-refractivity contribution in [3.63, 3.8) is 0 Å². The Morgan fingerprint density at radius 2 is 2.20 bits per heavy atom. The fourth-order valence-corrected chi connectivity index (χ4v) is 3.18. The van der Waals surface area contributed by atoms with Crippen LogP contribution in [0.3, 0.4) is 0 Å². The highest BCUT2D eigenvalue weighted by molar-refractivity contribution is 5.33. The molecule has 0 aliphatic heterocycles. The summed E-state index contributed by atoms with van der Waals surface area (Å²) in [5.74, 6) is 2.40. The Hall–Kier alpha value is -0.850. The van der Waals surface area contributed by atoms with E-state index in [1.54, 1.807) is 5.56 Å². The van der Waals surface area contributed by atoms with Crippen LogP contribution in [0.5, 0.6) is 0 Å². The molecular weight excluding hydrogens is 182 g/mol. The van der Waals surface area contributed by atoms with Crippen LogP contribution in [-0.2, 0) is 6.42 Å². The van der Waals surface area contributed by atoms with Crippen LogP contribution < -0.4 is 0 Å². The molecular formula is C14H19N. The molecule has 0 aromatic carbocycles. The Bertz CT molecular complexity index is 381. The molecule has 2 unspecified atom stereocenters. The number of aromatic nitrogens is 1. The first-order chi connectivity index (χ1) is 7.24. The van der Waals surface area contributed by atoms with E-state index in [0.717, 1.165) is 11.8 Å². The normalized spacial score (nSPS) is 28.2. The van der Waals surface area contributed by atoms with Crippen molar-refractivity contribution >= 4 is 0 Å². The third-order valence-electron chi connectivity index (χ3n) is 4.15. The first-order valence-electron chi connectivity index (χ1n) is 6.22. The van der Waals surface area contributed by atoms with Gasteiger partial charge in [-0.1, -0.05) is 19.9 Å². The molecule has 0 saturated heterocycles. The number of hydrogen-bond acceptors (Lipinski definition) is 1. The van der Waals surface area contributed by atoms with Gasteiger partial charge in [-0.2, -0.15) is 0 Å². The van der Waals surface area contributed by atoms with Gasteiger partial charge >= 0.3 is 0 Å². The van der Waals surface area contributed by atoms with Gasteiger partial charge in [-0.3, -0.25) is 4.98 Å². The predicted molar refractivity (Wildman–Crippen MR) is 62.1 cm³/mol. The second-order valence-electron chi connectivity index (χ2n) is 5.54. The van der Waals surface area contributed by atoms with Crippen molar-refractivity contribution in [2.45, 2.75) is 51.4 Å². The molecule has 2 aliphatic rings. The van der Waals surface area contributed by atoms with Crippen molar-refractivity contribution in [1.82, 2.24) is 4.98 Å². The van der Waals surface area contributed by atoms with E-state index in [2.05, 4.69) is 31.1 Å². The van der Waals surface area contributed by atoms with Crippen molar-refractivity contribution in [2.75, 3.05) is 0 Å². The molecule has 0 radical (unpaired) electrons. The monoisotopic (exact) mass is 201 g/mol.